The predicted octanol–water partition coefficient (Wildman–Crippen LogP) is 1.25. The fourth-order valence-electron chi connectivity index (χ4n) is 2.86. The van der Waals surface area contributed by atoms with E-state index >= 15 is 0 Å². The molecule has 1 aliphatic heterocycles. The third-order valence-electron chi connectivity index (χ3n) is 4.50. The van der Waals surface area contributed by atoms with E-state index in [-0.39, 0.29) is 36.4 Å². The second-order valence-electron chi connectivity index (χ2n) is 6.92. The minimum absolute atomic E-state index is 0. The van der Waals surface area contributed by atoms with E-state index < -0.39 is 0 Å². The van der Waals surface area contributed by atoms with Crippen LogP contribution in [0.4, 0.5) is 5.82 Å². The zero-order chi connectivity index (χ0) is 19.6. The van der Waals surface area contributed by atoms with Gasteiger partial charge < -0.3 is 25.2 Å². The van der Waals surface area contributed by atoms with E-state index in [4.69, 9.17) is 4.74 Å². The van der Waals surface area contributed by atoms with E-state index in [0.717, 1.165) is 37.4 Å². The Hall–Kier alpha value is -1.62. The molecule has 1 aliphatic rings. The smallest absolute Gasteiger partial charge is 0.243 e. The van der Waals surface area contributed by atoms with Crippen LogP contribution in [-0.2, 0) is 9.53 Å². The van der Waals surface area contributed by atoms with Gasteiger partial charge in [-0.25, -0.2) is 9.98 Å². The molecule has 0 atom stereocenters. The van der Waals surface area contributed by atoms with Crippen molar-refractivity contribution in [1.29, 1.82) is 0 Å². The highest BCUT2D eigenvalue weighted by molar-refractivity contribution is 14.0. The lowest BCUT2D eigenvalue weighted by molar-refractivity contribution is -0.127. The van der Waals surface area contributed by atoms with Crippen LogP contribution >= 0.6 is 24.0 Å². The summed E-state index contributed by atoms with van der Waals surface area (Å²) < 4.78 is 5.08. The highest BCUT2D eigenvalue weighted by Gasteiger charge is 2.21. The summed E-state index contributed by atoms with van der Waals surface area (Å²) in [6.45, 7) is 5.25. The van der Waals surface area contributed by atoms with E-state index in [1.165, 1.54) is 0 Å². The number of likely N-dealkylation sites (N-methyl/N-ethyl adjacent to an activating group) is 1. The molecule has 158 valence electrons. The first-order chi connectivity index (χ1) is 13.0. The SMILES string of the molecule is COCCNC(=NCC(=O)N(C)C)NC1CCN(c2cccc(C)n2)CC1.I. The number of carbonyl (C=O) groups is 1. The third-order valence-corrected chi connectivity index (χ3v) is 4.50. The Kier molecular flexibility index (Phi) is 11.1. The number of ether oxygens (including phenoxy) is 1. The first kappa shape index (κ1) is 24.4. The molecule has 9 heteroatoms. The number of amides is 1. The molecule has 2 heterocycles. The molecule has 0 saturated carbocycles. The average molecular weight is 504 g/mol. The number of nitrogens with one attached hydrogen (secondary N) is 2. The Bertz CT molecular complexity index is 633. The van der Waals surface area contributed by atoms with Crippen molar-refractivity contribution in [2.45, 2.75) is 25.8 Å². The zero-order valence-corrected chi connectivity index (χ0v) is 19.6. The van der Waals surface area contributed by atoms with Gasteiger partial charge in [0.15, 0.2) is 5.96 Å². The number of methoxy groups -OCH3 is 1. The molecule has 1 aromatic heterocycles. The molecule has 2 N–H and O–H groups in total. The van der Waals surface area contributed by atoms with E-state index in [1.807, 2.05) is 19.1 Å². The van der Waals surface area contributed by atoms with Crippen molar-refractivity contribution < 1.29 is 9.53 Å². The largest absolute Gasteiger partial charge is 0.383 e. The third kappa shape index (κ3) is 8.17. The Morgan fingerprint density at radius 3 is 2.68 bits per heavy atom. The van der Waals surface area contributed by atoms with E-state index in [2.05, 4.69) is 31.6 Å². The summed E-state index contributed by atoms with van der Waals surface area (Å²) in [6, 6.07) is 6.44. The van der Waals surface area contributed by atoms with Gasteiger partial charge in [0.1, 0.15) is 12.4 Å². The maximum atomic E-state index is 11.8. The quantitative estimate of drug-likeness (QED) is 0.252. The summed E-state index contributed by atoms with van der Waals surface area (Å²) in [7, 11) is 5.13. The van der Waals surface area contributed by atoms with Crippen molar-refractivity contribution in [2.24, 2.45) is 4.99 Å². The van der Waals surface area contributed by atoms with Crippen LogP contribution in [-0.4, -0.2) is 81.8 Å². The van der Waals surface area contributed by atoms with E-state index in [9.17, 15) is 4.79 Å². The van der Waals surface area contributed by atoms with E-state index in [1.54, 1.807) is 26.1 Å². The number of aryl methyl sites for hydroxylation is 1. The van der Waals surface area contributed by atoms with Crippen LogP contribution in [0.2, 0.25) is 0 Å². The van der Waals surface area contributed by atoms with Gasteiger partial charge in [0, 0.05) is 52.6 Å². The maximum absolute atomic E-state index is 11.8. The Morgan fingerprint density at radius 1 is 1.36 bits per heavy atom. The first-order valence-electron chi connectivity index (χ1n) is 9.42. The highest BCUT2D eigenvalue weighted by Crippen LogP contribution is 2.18. The number of pyridine rings is 1. The normalized spacial score (nSPS) is 15.0. The van der Waals surface area contributed by atoms with Crippen LogP contribution in [0.1, 0.15) is 18.5 Å². The Morgan fingerprint density at radius 2 is 2.07 bits per heavy atom. The molecular formula is C19H33IN6O2. The van der Waals surface area contributed by atoms with Gasteiger partial charge in [0.25, 0.3) is 0 Å². The number of guanidine groups is 1. The van der Waals surface area contributed by atoms with Crippen LogP contribution in [0, 0.1) is 6.92 Å². The fraction of sp³-hybridized carbons (Fsp3) is 0.632. The molecule has 2 rings (SSSR count). The molecular weight excluding hydrogens is 471 g/mol. The monoisotopic (exact) mass is 504 g/mol. The van der Waals surface area contributed by atoms with Gasteiger partial charge in [-0.2, -0.15) is 0 Å². The van der Waals surface area contributed by atoms with Crippen molar-refractivity contribution in [1.82, 2.24) is 20.5 Å². The van der Waals surface area contributed by atoms with Gasteiger partial charge in [-0.05, 0) is 31.9 Å². The Labute approximate surface area is 185 Å². The predicted molar refractivity (Wildman–Crippen MR) is 124 cm³/mol. The molecule has 1 fully saturated rings. The van der Waals surface area contributed by atoms with Crippen molar-refractivity contribution in [3.8, 4) is 0 Å². The number of anilines is 1. The van der Waals surface area contributed by atoms with Gasteiger partial charge in [-0.1, -0.05) is 6.07 Å². The lowest BCUT2D eigenvalue weighted by Crippen LogP contribution is -2.49. The molecule has 0 aromatic carbocycles. The summed E-state index contributed by atoms with van der Waals surface area (Å²) in [5, 5.41) is 6.69. The van der Waals surface area contributed by atoms with Crippen molar-refractivity contribution >= 4 is 41.7 Å². The number of rotatable bonds is 7. The topological polar surface area (TPSA) is 82.1 Å². The number of halogens is 1. The summed E-state index contributed by atoms with van der Waals surface area (Å²) in [5.41, 5.74) is 1.04. The van der Waals surface area contributed by atoms with Gasteiger partial charge in [-0.3, -0.25) is 4.79 Å². The van der Waals surface area contributed by atoms with Crippen molar-refractivity contribution in [2.75, 3.05) is 58.9 Å². The molecule has 0 radical (unpaired) electrons. The molecule has 1 aromatic rings. The van der Waals surface area contributed by atoms with Gasteiger partial charge in [-0.15, -0.1) is 24.0 Å². The average Bonchev–Trinajstić information content (AvgIpc) is 2.66. The lowest BCUT2D eigenvalue weighted by Gasteiger charge is -2.34. The second kappa shape index (κ2) is 12.8. The van der Waals surface area contributed by atoms with Gasteiger partial charge >= 0.3 is 0 Å². The van der Waals surface area contributed by atoms with Crippen LogP contribution in [0.3, 0.4) is 0 Å². The number of piperidine rings is 1. The number of aliphatic imine (C=N–C) groups is 1. The van der Waals surface area contributed by atoms with Crippen LogP contribution in [0.25, 0.3) is 0 Å². The minimum atomic E-state index is -0.0248. The summed E-state index contributed by atoms with van der Waals surface area (Å²) in [5.74, 6) is 1.68. The molecule has 8 nitrogen and oxygen atoms in total. The fourth-order valence-corrected chi connectivity index (χ4v) is 2.86. The highest BCUT2D eigenvalue weighted by atomic mass is 127. The molecule has 1 amide bonds. The first-order valence-corrected chi connectivity index (χ1v) is 9.42. The zero-order valence-electron chi connectivity index (χ0n) is 17.3. The molecule has 28 heavy (non-hydrogen) atoms. The van der Waals surface area contributed by atoms with Crippen molar-refractivity contribution in [3.63, 3.8) is 0 Å². The summed E-state index contributed by atoms with van der Waals surface area (Å²) in [4.78, 5) is 24.7. The van der Waals surface area contributed by atoms with Crippen LogP contribution in [0.15, 0.2) is 23.2 Å². The van der Waals surface area contributed by atoms with Crippen LogP contribution in [0.5, 0.6) is 0 Å². The second-order valence-corrected chi connectivity index (χ2v) is 6.92. The molecule has 0 aliphatic carbocycles. The summed E-state index contributed by atoms with van der Waals surface area (Å²) in [6.07, 6.45) is 1.98. The van der Waals surface area contributed by atoms with Crippen LogP contribution < -0.4 is 15.5 Å². The standard InChI is InChI=1S/C19H32N6O2.HI/c1-15-6-5-7-17(22-15)25-11-8-16(9-12-25)23-19(20-10-13-27-4)21-14-18(26)24(2)3;/h5-7,16H,8-14H2,1-4H3,(H2,20,21,23);1H. The molecule has 0 spiro atoms. The Balaban J connectivity index is 0.00000392. The number of aromatic nitrogens is 1. The van der Waals surface area contributed by atoms with Gasteiger partial charge in [0.05, 0.1) is 6.61 Å². The van der Waals surface area contributed by atoms with E-state index in [0.29, 0.717) is 25.2 Å². The maximum Gasteiger partial charge on any atom is 0.243 e. The van der Waals surface area contributed by atoms with Gasteiger partial charge in [0.2, 0.25) is 5.91 Å². The molecule has 0 unspecified atom stereocenters. The molecule has 1 saturated heterocycles. The lowest BCUT2D eigenvalue weighted by atomic mass is 10.1. The minimum Gasteiger partial charge on any atom is -0.383 e. The molecule has 0 bridgehead atoms. The number of hydrogen-bond donors (Lipinski definition) is 2. The summed E-state index contributed by atoms with van der Waals surface area (Å²) >= 11 is 0. The number of nitrogens with zero attached hydrogens (tertiary/aromatic N) is 4. The number of carbonyl (C=O) groups excluding carboxylic acids is 1. The van der Waals surface area contributed by atoms with Crippen molar-refractivity contribution in [3.05, 3.63) is 23.9 Å². The number of hydrogen-bond acceptors (Lipinski definition) is 5.